The zero-order valence-corrected chi connectivity index (χ0v) is 12.6. The Balaban J connectivity index is 2.36. The van der Waals surface area contributed by atoms with Crippen molar-refractivity contribution in [2.75, 3.05) is 33.9 Å². The van der Waals surface area contributed by atoms with Crippen LogP contribution in [0.1, 0.15) is 18.5 Å². The van der Waals surface area contributed by atoms with Crippen LogP contribution in [0.3, 0.4) is 0 Å². The lowest BCUT2D eigenvalue weighted by Gasteiger charge is -2.38. The number of methoxy groups -OCH3 is 2. The maximum absolute atomic E-state index is 11.8. The molecule has 0 radical (unpaired) electrons. The molecule has 1 aliphatic rings. The number of ether oxygens (including phenoxy) is 2. The van der Waals surface area contributed by atoms with Crippen LogP contribution in [-0.2, 0) is 4.79 Å². The van der Waals surface area contributed by atoms with Crippen LogP contribution >= 0.6 is 0 Å². The highest BCUT2D eigenvalue weighted by Gasteiger charge is 2.32. The van der Waals surface area contributed by atoms with E-state index in [0.717, 1.165) is 13.1 Å². The van der Waals surface area contributed by atoms with E-state index in [0.29, 0.717) is 23.6 Å². The molecule has 1 heterocycles. The molecule has 6 nitrogen and oxygen atoms in total. The third-order valence-electron chi connectivity index (χ3n) is 3.84. The Bertz CT molecular complexity index is 506. The van der Waals surface area contributed by atoms with Crippen LogP contribution in [0.25, 0.3) is 0 Å². The predicted octanol–water partition coefficient (Wildman–Crippen LogP) is 1.12. The summed E-state index contributed by atoms with van der Waals surface area (Å²) in [5.74, 6) is 0.291. The van der Waals surface area contributed by atoms with Gasteiger partial charge in [-0.25, -0.2) is 0 Å². The number of carboxylic acids is 1. The molecule has 1 aromatic carbocycles. The third-order valence-corrected chi connectivity index (χ3v) is 3.84. The monoisotopic (exact) mass is 294 g/mol. The second kappa shape index (κ2) is 6.78. The molecule has 0 amide bonds. The molecule has 0 aliphatic carbocycles. The normalized spacial score (nSPS) is 20.8. The molecule has 116 valence electrons. The fraction of sp³-hybridized carbons (Fsp3) is 0.533. The Hall–Kier alpha value is -1.79. The first-order valence-electron chi connectivity index (χ1n) is 6.99. The zero-order chi connectivity index (χ0) is 15.4. The van der Waals surface area contributed by atoms with E-state index < -0.39 is 12.0 Å². The van der Waals surface area contributed by atoms with Gasteiger partial charge in [0, 0.05) is 25.7 Å². The number of benzene rings is 1. The SMILES string of the molecule is COc1ccc(C(C(=O)O)N2CCNCC2C)cc1OC. The van der Waals surface area contributed by atoms with Gasteiger partial charge in [0.2, 0.25) is 0 Å². The number of hydrogen-bond donors (Lipinski definition) is 2. The Labute approximate surface area is 124 Å². The Morgan fingerprint density at radius 3 is 2.67 bits per heavy atom. The van der Waals surface area contributed by atoms with E-state index in [1.807, 2.05) is 11.8 Å². The fourth-order valence-corrected chi connectivity index (χ4v) is 2.74. The van der Waals surface area contributed by atoms with Gasteiger partial charge in [0.05, 0.1) is 14.2 Å². The van der Waals surface area contributed by atoms with Gasteiger partial charge < -0.3 is 19.9 Å². The molecule has 1 fully saturated rings. The van der Waals surface area contributed by atoms with Crippen molar-refractivity contribution >= 4 is 5.97 Å². The molecule has 1 aliphatic heterocycles. The van der Waals surface area contributed by atoms with Crippen molar-refractivity contribution < 1.29 is 19.4 Å². The molecule has 1 aromatic rings. The standard InChI is InChI=1S/C15H22N2O4/c1-10-9-16-6-7-17(10)14(15(18)19)11-4-5-12(20-2)13(8-11)21-3/h4-5,8,10,14,16H,6-7,9H2,1-3H3,(H,18,19). The molecule has 21 heavy (non-hydrogen) atoms. The van der Waals surface area contributed by atoms with Crippen LogP contribution < -0.4 is 14.8 Å². The van der Waals surface area contributed by atoms with Gasteiger partial charge in [-0.1, -0.05) is 6.07 Å². The summed E-state index contributed by atoms with van der Waals surface area (Å²) in [6.45, 7) is 4.31. The van der Waals surface area contributed by atoms with Crippen molar-refractivity contribution in [3.05, 3.63) is 23.8 Å². The molecule has 1 saturated heterocycles. The molecule has 0 aromatic heterocycles. The number of rotatable bonds is 5. The van der Waals surface area contributed by atoms with E-state index in [-0.39, 0.29) is 6.04 Å². The highest BCUT2D eigenvalue weighted by atomic mass is 16.5. The van der Waals surface area contributed by atoms with Crippen LogP contribution in [0.4, 0.5) is 0 Å². The van der Waals surface area contributed by atoms with E-state index in [2.05, 4.69) is 5.32 Å². The van der Waals surface area contributed by atoms with Crippen molar-refractivity contribution in [1.82, 2.24) is 10.2 Å². The summed E-state index contributed by atoms with van der Waals surface area (Å²) >= 11 is 0. The minimum atomic E-state index is -0.851. The summed E-state index contributed by atoms with van der Waals surface area (Å²) < 4.78 is 10.5. The molecule has 0 saturated carbocycles. The molecular formula is C15H22N2O4. The average Bonchev–Trinajstić information content (AvgIpc) is 2.49. The topological polar surface area (TPSA) is 71.0 Å². The smallest absolute Gasteiger partial charge is 0.325 e. The van der Waals surface area contributed by atoms with Crippen LogP contribution in [0.15, 0.2) is 18.2 Å². The Morgan fingerprint density at radius 1 is 1.38 bits per heavy atom. The summed E-state index contributed by atoms with van der Waals surface area (Å²) in [5.41, 5.74) is 0.703. The van der Waals surface area contributed by atoms with Gasteiger partial charge in [0.15, 0.2) is 11.5 Å². The van der Waals surface area contributed by atoms with Gasteiger partial charge in [0.25, 0.3) is 0 Å². The van der Waals surface area contributed by atoms with Crippen molar-refractivity contribution in [3.63, 3.8) is 0 Å². The van der Waals surface area contributed by atoms with Crippen molar-refractivity contribution in [2.45, 2.75) is 19.0 Å². The average molecular weight is 294 g/mol. The van der Waals surface area contributed by atoms with E-state index in [4.69, 9.17) is 9.47 Å². The zero-order valence-electron chi connectivity index (χ0n) is 12.6. The van der Waals surface area contributed by atoms with Crippen LogP contribution in [0, 0.1) is 0 Å². The number of aliphatic carboxylic acids is 1. The van der Waals surface area contributed by atoms with Crippen molar-refractivity contribution in [1.29, 1.82) is 0 Å². The van der Waals surface area contributed by atoms with Crippen LogP contribution in [-0.4, -0.2) is 55.9 Å². The van der Waals surface area contributed by atoms with Gasteiger partial charge in [0.1, 0.15) is 6.04 Å². The number of nitrogens with one attached hydrogen (secondary N) is 1. The van der Waals surface area contributed by atoms with Crippen LogP contribution in [0.5, 0.6) is 11.5 Å². The quantitative estimate of drug-likeness (QED) is 0.848. The molecule has 0 bridgehead atoms. The van der Waals surface area contributed by atoms with Gasteiger partial charge in [-0.3, -0.25) is 9.69 Å². The first-order chi connectivity index (χ1) is 10.1. The lowest BCUT2D eigenvalue weighted by molar-refractivity contribution is -0.145. The molecule has 2 N–H and O–H groups in total. The largest absolute Gasteiger partial charge is 0.493 e. The first kappa shape index (κ1) is 15.6. The Kier molecular flexibility index (Phi) is 5.03. The summed E-state index contributed by atoms with van der Waals surface area (Å²) in [5, 5.41) is 12.9. The lowest BCUT2D eigenvalue weighted by atomic mass is 10.0. The van der Waals surface area contributed by atoms with E-state index in [1.165, 1.54) is 0 Å². The Morgan fingerprint density at radius 2 is 2.10 bits per heavy atom. The molecule has 2 unspecified atom stereocenters. The fourth-order valence-electron chi connectivity index (χ4n) is 2.74. The van der Waals surface area contributed by atoms with Gasteiger partial charge in [-0.15, -0.1) is 0 Å². The summed E-state index contributed by atoms with van der Waals surface area (Å²) in [6.07, 6.45) is 0. The lowest BCUT2D eigenvalue weighted by Crippen LogP contribution is -2.52. The summed E-state index contributed by atoms with van der Waals surface area (Å²) in [6, 6.07) is 4.76. The van der Waals surface area contributed by atoms with Gasteiger partial charge in [-0.2, -0.15) is 0 Å². The predicted molar refractivity (Wildman–Crippen MR) is 79.0 cm³/mol. The third kappa shape index (κ3) is 3.28. The number of carboxylic acid groups (broad SMARTS) is 1. The summed E-state index contributed by atoms with van der Waals surface area (Å²) in [4.78, 5) is 13.8. The minimum Gasteiger partial charge on any atom is -0.493 e. The number of carbonyl (C=O) groups is 1. The molecule has 0 spiro atoms. The second-order valence-electron chi connectivity index (χ2n) is 5.15. The maximum atomic E-state index is 11.8. The number of nitrogens with zero attached hydrogens (tertiary/aromatic N) is 1. The van der Waals surface area contributed by atoms with E-state index in [1.54, 1.807) is 32.4 Å². The summed E-state index contributed by atoms with van der Waals surface area (Å²) in [7, 11) is 3.11. The van der Waals surface area contributed by atoms with Gasteiger partial charge >= 0.3 is 5.97 Å². The molecular weight excluding hydrogens is 272 g/mol. The maximum Gasteiger partial charge on any atom is 0.325 e. The number of piperazine rings is 1. The highest BCUT2D eigenvalue weighted by Crippen LogP contribution is 2.33. The van der Waals surface area contributed by atoms with E-state index >= 15 is 0 Å². The van der Waals surface area contributed by atoms with E-state index in [9.17, 15) is 9.90 Å². The van der Waals surface area contributed by atoms with Crippen LogP contribution in [0.2, 0.25) is 0 Å². The van der Waals surface area contributed by atoms with Crippen molar-refractivity contribution in [3.8, 4) is 11.5 Å². The molecule has 2 rings (SSSR count). The molecule has 2 atom stereocenters. The van der Waals surface area contributed by atoms with Crippen molar-refractivity contribution in [2.24, 2.45) is 0 Å². The minimum absolute atomic E-state index is 0.160. The molecule has 6 heteroatoms. The first-order valence-corrected chi connectivity index (χ1v) is 6.99. The highest BCUT2D eigenvalue weighted by molar-refractivity contribution is 5.76. The second-order valence-corrected chi connectivity index (χ2v) is 5.15. The van der Waals surface area contributed by atoms with Gasteiger partial charge in [-0.05, 0) is 24.6 Å². The number of hydrogen-bond acceptors (Lipinski definition) is 5.